The van der Waals surface area contributed by atoms with Crippen LogP contribution in [0.15, 0.2) is 24.2 Å². The van der Waals surface area contributed by atoms with Gasteiger partial charge in [-0.2, -0.15) is 0 Å². The van der Waals surface area contributed by atoms with Gasteiger partial charge in [-0.1, -0.05) is 6.92 Å². The molecule has 68 valence electrons. The van der Waals surface area contributed by atoms with E-state index in [2.05, 4.69) is 9.97 Å². The van der Waals surface area contributed by atoms with Gasteiger partial charge >= 0.3 is 5.97 Å². The van der Waals surface area contributed by atoms with E-state index in [4.69, 9.17) is 4.74 Å². The lowest BCUT2D eigenvalue weighted by Gasteiger charge is -2.06. The van der Waals surface area contributed by atoms with Crippen LogP contribution in [0.5, 0.6) is 0 Å². The molecule has 4 heteroatoms. The number of hydrogen-bond donors (Lipinski definition) is 1. The highest BCUT2D eigenvalue weighted by Crippen LogP contribution is 2.25. The second-order valence-corrected chi connectivity index (χ2v) is 2.97. The minimum atomic E-state index is -0.226. The summed E-state index contributed by atoms with van der Waals surface area (Å²) in [5, 5.41) is 0. The van der Waals surface area contributed by atoms with Crippen LogP contribution in [0.2, 0.25) is 0 Å². The molecular weight excluding hydrogens is 168 g/mol. The van der Waals surface area contributed by atoms with Crippen LogP contribution in [0.1, 0.15) is 18.5 Å². The van der Waals surface area contributed by atoms with Gasteiger partial charge in [0.15, 0.2) is 0 Å². The summed E-state index contributed by atoms with van der Waals surface area (Å²) >= 11 is 0. The van der Waals surface area contributed by atoms with Crippen LogP contribution >= 0.6 is 0 Å². The summed E-state index contributed by atoms with van der Waals surface area (Å²) in [7, 11) is 0. The van der Waals surface area contributed by atoms with Crippen LogP contribution in [-0.4, -0.2) is 22.5 Å². The number of carbonyl (C=O) groups excluding carboxylic acids is 1. The number of H-pyrrole nitrogens is 1. The maximum atomic E-state index is 11.2. The van der Waals surface area contributed by atoms with Crippen LogP contribution in [0.25, 0.3) is 0 Å². The second kappa shape index (κ2) is 3.05. The van der Waals surface area contributed by atoms with Gasteiger partial charge in [0.2, 0.25) is 0 Å². The molecule has 4 nitrogen and oxygen atoms in total. The number of nitrogens with zero attached hydrogens (tertiary/aromatic N) is 1. The number of carbonyl (C=O) groups is 1. The third kappa shape index (κ3) is 1.35. The maximum absolute atomic E-state index is 11.2. The highest BCUT2D eigenvalue weighted by atomic mass is 16.5. The molecule has 0 saturated heterocycles. The van der Waals surface area contributed by atoms with E-state index in [1.807, 2.05) is 13.0 Å². The average Bonchev–Trinajstić information content (AvgIpc) is 2.72. The van der Waals surface area contributed by atoms with Crippen molar-refractivity contribution in [2.45, 2.75) is 12.8 Å². The van der Waals surface area contributed by atoms with E-state index in [9.17, 15) is 4.79 Å². The molecule has 2 heterocycles. The van der Waals surface area contributed by atoms with Gasteiger partial charge < -0.3 is 9.72 Å². The molecular formula is C9H10N2O2. The number of rotatable bonds is 2. The molecule has 1 aliphatic rings. The highest BCUT2D eigenvalue weighted by molar-refractivity contribution is 5.91. The third-order valence-corrected chi connectivity index (χ3v) is 2.18. The van der Waals surface area contributed by atoms with Crippen molar-refractivity contribution in [2.75, 3.05) is 6.61 Å². The van der Waals surface area contributed by atoms with Gasteiger partial charge in [0, 0.05) is 17.7 Å². The lowest BCUT2D eigenvalue weighted by Crippen LogP contribution is -2.06. The lowest BCUT2D eigenvalue weighted by molar-refractivity contribution is -0.136. The summed E-state index contributed by atoms with van der Waals surface area (Å²) in [6, 6.07) is 0. The smallest absolute Gasteiger partial charge is 0.334 e. The van der Waals surface area contributed by atoms with E-state index in [0.717, 1.165) is 5.69 Å². The fourth-order valence-electron chi connectivity index (χ4n) is 1.40. The first kappa shape index (κ1) is 8.04. The van der Waals surface area contributed by atoms with Gasteiger partial charge in [-0.05, 0) is 6.08 Å². The van der Waals surface area contributed by atoms with Crippen molar-refractivity contribution in [2.24, 2.45) is 0 Å². The molecule has 1 atom stereocenters. The van der Waals surface area contributed by atoms with E-state index in [-0.39, 0.29) is 11.9 Å². The Morgan fingerprint density at radius 3 is 3.08 bits per heavy atom. The zero-order valence-electron chi connectivity index (χ0n) is 7.28. The van der Waals surface area contributed by atoms with Crippen molar-refractivity contribution in [3.63, 3.8) is 0 Å². The molecule has 0 radical (unpaired) electrons. The summed E-state index contributed by atoms with van der Waals surface area (Å²) in [6.07, 6.45) is 5.20. The topological polar surface area (TPSA) is 55.0 Å². The molecule has 0 fully saturated rings. The Hall–Kier alpha value is -1.58. The summed E-state index contributed by atoms with van der Waals surface area (Å²) in [4.78, 5) is 18.1. The SMILES string of the molecule is CC(C1=CCOC1=O)c1c[nH]cn1. The number of imidazole rings is 1. The standard InChI is InChI=1S/C9H10N2O2/c1-6(8-4-10-5-11-8)7-2-3-13-9(7)12/h2,4-6H,3H2,1H3,(H,10,11). The quantitative estimate of drug-likeness (QED) is 0.687. The monoisotopic (exact) mass is 178 g/mol. The molecule has 0 aromatic carbocycles. The fourth-order valence-corrected chi connectivity index (χ4v) is 1.40. The Morgan fingerprint density at radius 2 is 2.54 bits per heavy atom. The first-order valence-electron chi connectivity index (χ1n) is 4.15. The molecule has 13 heavy (non-hydrogen) atoms. The number of cyclic esters (lactones) is 1. The van der Waals surface area contributed by atoms with E-state index in [0.29, 0.717) is 12.2 Å². The number of aromatic amines is 1. The predicted octanol–water partition coefficient (Wildman–Crippen LogP) is 0.996. The lowest BCUT2D eigenvalue weighted by atomic mass is 9.99. The molecule has 1 aromatic heterocycles. The Balaban J connectivity index is 2.22. The zero-order valence-corrected chi connectivity index (χ0v) is 7.28. The highest BCUT2D eigenvalue weighted by Gasteiger charge is 2.24. The Labute approximate surface area is 75.6 Å². The number of ether oxygens (including phenoxy) is 1. The zero-order chi connectivity index (χ0) is 9.26. The van der Waals surface area contributed by atoms with Crippen LogP contribution in [0, 0.1) is 0 Å². The Bertz CT molecular complexity index is 341. The number of nitrogens with one attached hydrogen (secondary N) is 1. The van der Waals surface area contributed by atoms with Crippen LogP contribution in [-0.2, 0) is 9.53 Å². The van der Waals surface area contributed by atoms with Gasteiger partial charge in [0.25, 0.3) is 0 Å². The van der Waals surface area contributed by atoms with Crippen molar-refractivity contribution in [1.29, 1.82) is 0 Å². The maximum Gasteiger partial charge on any atom is 0.334 e. The van der Waals surface area contributed by atoms with Crippen LogP contribution in [0.4, 0.5) is 0 Å². The first-order valence-corrected chi connectivity index (χ1v) is 4.15. The van der Waals surface area contributed by atoms with Crippen LogP contribution in [0.3, 0.4) is 0 Å². The molecule has 1 unspecified atom stereocenters. The van der Waals surface area contributed by atoms with Gasteiger partial charge in [-0.15, -0.1) is 0 Å². The Morgan fingerprint density at radius 1 is 1.69 bits per heavy atom. The normalized spacial score (nSPS) is 18.2. The van der Waals surface area contributed by atoms with Gasteiger partial charge in [-0.25, -0.2) is 9.78 Å². The first-order chi connectivity index (χ1) is 6.29. The third-order valence-electron chi connectivity index (χ3n) is 2.18. The summed E-state index contributed by atoms with van der Waals surface area (Å²) in [5.41, 5.74) is 1.57. The van der Waals surface area contributed by atoms with Crippen molar-refractivity contribution in [3.8, 4) is 0 Å². The predicted molar refractivity (Wildman–Crippen MR) is 46.0 cm³/mol. The molecule has 0 bridgehead atoms. The second-order valence-electron chi connectivity index (χ2n) is 2.97. The average molecular weight is 178 g/mol. The molecule has 1 N–H and O–H groups in total. The molecule has 2 rings (SSSR count). The molecule has 1 aliphatic heterocycles. The van der Waals surface area contributed by atoms with Gasteiger partial charge in [-0.3, -0.25) is 0 Å². The van der Waals surface area contributed by atoms with Crippen molar-refractivity contribution >= 4 is 5.97 Å². The number of esters is 1. The molecule has 0 spiro atoms. The largest absolute Gasteiger partial charge is 0.458 e. The van der Waals surface area contributed by atoms with Crippen molar-refractivity contribution < 1.29 is 9.53 Å². The van der Waals surface area contributed by atoms with E-state index in [1.54, 1.807) is 12.5 Å². The van der Waals surface area contributed by atoms with E-state index >= 15 is 0 Å². The van der Waals surface area contributed by atoms with Crippen molar-refractivity contribution in [3.05, 3.63) is 29.9 Å². The summed E-state index contributed by atoms with van der Waals surface area (Å²) < 4.78 is 4.82. The summed E-state index contributed by atoms with van der Waals surface area (Å²) in [5.74, 6) is -0.211. The molecule has 1 aromatic rings. The minimum Gasteiger partial charge on any atom is -0.458 e. The van der Waals surface area contributed by atoms with Gasteiger partial charge in [0.1, 0.15) is 6.61 Å². The number of aromatic nitrogens is 2. The fraction of sp³-hybridized carbons (Fsp3) is 0.333. The van der Waals surface area contributed by atoms with E-state index in [1.165, 1.54) is 0 Å². The summed E-state index contributed by atoms with van der Waals surface area (Å²) in [6.45, 7) is 2.33. The van der Waals surface area contributed by atoms with Crippen LogP contribution < -0.4 is 0 Å². The molecule has 0 aliphatic carbocycles. The Kier molecular flexibility index (Phi) is 1.88. The molecule has 0 amide bonds. The molecule has 0 saturated carbocycles. The van der Waals surface area contributed by atoms with Gasteiger partial charge in [0.05, 0.1) is 12.0 Å². The van der Waals surface area contributed by atoms with Crippen molar-refractivity contribution in [1.82, 2.24) is 9.97 Å². The van der Waals surface area contributed by atoms with E-state index < -0.39 is 0 Å². The number of hydrogen-bond acceptors (Lipinski definition) is 3. The minimum absolute atomic E-state index is 0.0150.